The number of hydrogen-bond donors (Lipinski definition) is 2. The summed E-state index contributed by atoms with van der Waals surface area (Å²) < 4.78 is 10.1. The van der Waals surface area contributed by atoms with Crippen LogP contribution in [0.4, 0.5) is 0 Å². The lowest BCUT2D eigenvalue weighted by atomic mass is 9.93. The summed E-state index contributed by atoms with van der Waals surface area (Å²) in [5, 5.41) is 10.6. The predicted octanol–water partition coefficient (Wildman–Crippen LogP) is 2.42. The van der Waals surface area contributed by atoms with Crippen LogP contribution in [-0.4, -0.2) is 68.0 Å². The molecule has 10 nitrogen and oxygen atoms in total. The van der Waals surface area contributed by atoms with Crippen molar-refractivity contribution in [1.29, 1.82) is 0 Å². The Morgan fingerprint density at radius 3 is 2.86 bits per heavy atom. The zero-order valence-corrected chi connectivity index (χ0v) is 21.0. The van der Waals surface area contributed by atoms with Crippen molar-refractivity contribution in [1.82, 2.24) is 15.5 Å². The standard InChI is InChI=1S/C23H27Cl2N5O5/c1-13(31)35-16-5-7-30(12-16)23(29-26-2)28-11-15(22(33)34-3)9-19(32)20-18(24)8-14-10-27-6-4-17(14)21(20)25/h8,15-16,27H,4-7,9-12H2,1,3H3,(H,28,29)/t15-,16-/m0/s1. The van der Waals surface area contributed by atoms with Crippen LogP contribution in [0.15, 0.2) is 11.2 Å². The van der Waals surface area contributed by atoms with Crippen LogP contribution in [0.2, 0.25) is 10.0 Å². The summed E-state index contributed by atoms with van der Waals surface area (Å²) in [4.78, 5) is 41.8. The Morgan fingerprint density at radius 1 is 1.40 bits per heavy atom. The summed E-state index contributed by atoms with van der Waals surface area (Å²) >= 11 is 13.0. The van der Waals surface area contributed by atoms with Crippen LogP contribution in [0.3, 0.4) is 0 Å². The molecule has 0 amide bonds. The molecule has 0 unspecified atom stereocenters. The number of methoxy groups -OCH3 is 1. The maximum Gasteiger partial charge on any atom is 0.310 e. The molecule has 2 aliphatic heterocycles. The zero-order valence-electron chi connectivity index (χ0n) is 19.5. The van der Waals surface area contributed by atoms with Gasteiger partial charge in [0, 0.05) is 39.4 Å². The Kier molecular flexibility index (Phi) is 9.32. The number of hydrogen-bond acceptors (Lipinski definition) is 7. The van der Waals surface area contributed by atoms with Gasteiger partial charge in [-0.3, -0.25) is 14.4 Å². The van der Waals surface area contributed by atoms with Crippen molar-refractivity contribution >= 4 is 46.9 Å². The summed E-state index contributed by atoms with van der Waals surface area (Å²) in [6.07, 6.45) is 0.750. The molecule has 2 N–H and O–H groups in total. The molecule has 0 saturated carbocycles. The first kappa shape index (κ1) is 26.7. The second kappa shape index (κ2) is 12.2. The van der Waals surface area contributed by atoms with E-state index in [4.69, 9.17) is 39.2 Å². The van der Waals surface area contributed by atoms with Crippen molar-refractivity contribution in [2.24, 2.45) is 11.0 Å². The minimum Gasteiger partial charge on any atom is -0.469 e. The molecule has 2 heterocycles. The van der Waals surface area contributed by atoms with Crippen LogP contribution in [0.25, 0.3) is 4.95 Å². The molecule has 12 heteroatoms. The Balaban J connectivity index is 1.72. The molecule has 0 spiro atoms. The van der Waals surface area contributed by atoms with Gasteiger partial charge >= 0.3 is 11.9 Å². The molecule has 35 heavy (non-hydrogen) atoms. The van der Waals surface area contributed by atoms with Gasteiger partial charge in [-0.1, -0.05) is 23.2 Å². The number of likely N-dealkylation sites (tertiary alicyclic amines) is 1. The summed E-state index contributed by atoms with van der Waals surface area (Å²) in [5.41, 5.74) is 2.03. The SMILES string of the molecule is [C-]#[N+]/N=C(\NC[C@H](CC(=O)c1c(Cl)cc2c(c1Cl)CCNC2)C(=O)OC)N1CC[C@H](OC(C)=O)C1. The van der Waals surface area contributed by atoms with Crippen molar-refractivity contribution in [3.63, 3.8) is 0 Å². The highest BCUT2D eigenvalue weighted by molar-refractivity contribution is 6.40. The fraction of sp³-hybridized carbons (Fsp3) is 0.522. The highest BCUT2D eigenvalue weighted by Gasteiger charge is 2.31. The van der Waals surface area contributed by atoms with E-state index in [0.29, 0.717) is 37.5 Å². The highest BCUT2D eigenvalue weighted by Crippen LogP contribution is 2.34. The third-order valence-electron chi connectivity index (χ3n) is 5.95. The number of fused-ring (bicyclic) bond motifs is 1. The number of guanidine groups is 1. The lowest BCUT2D eigenvalue weighted by Gasteiger charge is -2.23. The second-order valence-corrected chi connectivity index (χ2v) is 9.12. The van der Waals surface area contributed by atoms with Gasteiger partial charge in [0.15, 0.2) is 5.78 Å². The van der Waals surface area contributed by atoms with Crippen molar-refractivity contribution in [3.8, 4) is 0 Å². The van der Waals surface area contributed by atoms with E-state index in [1.165, 1.54) is 14.0 Å². The monoisotopic (exact) mass is 523 g/mol. The van der Waals surface area contributed by atoms with E-state index in [1.807, 2.05) is 0 Å². The number of nitrogens with one attached hydrogen (secondary N) is 2. The molecule has 1 fully saturated rings. The molecular weight excluding hydrogens is 497 g/mol. The number of carbonyl (C=O) groups excluding carboxylic acids is 3. The number of Topliss-reactive ketones (excluding diaryl/α,β-unsaturated/α-hetero) is 1. The minimum atomic E-state index is -0.875. The van der Waals surface area contributed by atoms with E-state index in [9.17, 15) is 14.4 Å². The first-order valence-electron chi connectivity index (χ1n) is 11.2. The molecule has 188 valence electrons. The number of nitrogens with zero attached hydrogens (tertiary/aromatic N) is 3. The van der Waals surface area contributed by atoms with Gasteiger partial charge < -0.3 is 25.0 Å². The van der Waals surface area contributed by atoms with Gasteiger partial charge in [-0.2, -0.15) is 6.57 Å². The molecule has 3 rings (SSSR count). The van der Waals surface area contributed by atoms with Gasteiger partial charge in [0.25, 0.3) is 5.96 Å². The van der Waals surface area contributed by atoms with Crippen LogP contribution in [0.5, 0.6) is 0 Å². The van der Waals surface area contributed by atoms with Crippen LogP contribution < -0.4 is 10.6 Å². The zero-order chi connectivity index (χ0) is 25.5. The van der Waals surface area contributed by atoms with Gasteiger partial charge in [-0.15, -0.1) is 4.95 Å². The third kappa shape index (κ3) is 6.63. The summed E-state index contributed by atoms with van der Waals surface area (Å²) in [6.45, 7) is 10.7. The van der Waals surface area contributed by atoms with E-state index in [0.717, 1.165) is 17.7 Å². The van der Waals surface area contributed by atoms with E-state index in [1.54, 1.807) is 11.0 Å². The lowest BCUT2D eigenvalue weighted by Crippen LogP contribution is -2.44. The Morgan fingerprint density at radius 2 is 2.17 bits per heavy atom. The molecule has 2 atom stereocenters. The highest BCUT2D eigenvalue weighted by atomic mass is 35.5. The van der Waals surface area contributed by atoms with Crippen molar-refractivity contribution < 1.29 is 23.9 Å². The first-order valence-corrected chi connectivity index (χ1v) is 11.9. The first-order chi connectivity index (χ1) is 16.7. The summed E-state index contributed by atoms with van der Waals surface area (Å²) in [5.74, 6) is -2.00. The Labute approximate surface area is 213 Å². The molecule has 0 radical (unpaired) electrons. The van der Waals surface area contributed by atoms with Crippen LogP contribution in [0, 0.1) is 12.5 Å². The average Bonchev–Trinajstić information content (AvgIpc) is 3.27. The topological polar surface area (TPSA) is 114 Å². The third-order valence-corrected chi connectivity index (χ3v) is 6.67. The number of esters is 2. The van der Waals surface area contributed by atoms with Gasteiger partial charge in [0.1, 0.15) is 11.2 Å². The average molecular weight is 524 g/mol. The second-order valence-electron chi connectivity index (χ2n) is 8.33. The van der Waals surface area contributed by atoms with Gasteiger partial charge in [0.2, 0.25) is 0 Å². The fourth-order valence-corrected chi connectivity index (χ4v) is 5.09. The Hall–Kier alpha value is -2.87. The molecule has 1 aromatic rings. The van der Waals surface area contributed by atoms with Crippen LogP contribution in [-0.2, 0) is 32.0 Å². The van der Waals surface area contributed by atoms with Crippen molar-refractivity contribution in [3.05, 3.63) is 44.3 Å². The summed E-state index contributed by atoms with van der Waals surface area (Å²) in [6, 6.07) is 1.74. The molecule has 0 aliphatic carbocycles. The minimum absolute atomic E-state index is 0.00834. The van der Waals surface area contributed by atoms with Crippen LogP contribution >= 0.6 is 23.2 Å². The summed E-state index contributed by atoms with van der Waals surface area (Å²) in [7, 11) is 1.24. The lowest BCUT2D eigenvalue weighted by molar-refractivity contribution is -0.146. The molecule has 2 aliphatic rings. The molecule has 0 bridgehead atoms. The smallest absolute Gasteiger partial charge is 0.310 e. The quantitative estimate of drug-likeness (QED) is 0.140. The van der Waals surface area contributed by atoms with Crippen molar-refractivity contribution in [2.75, 3.05) is 33.3 Å². The number of halogens is 2. The number of benzene rings is 1. The van der Waals surface area contributed by atoms with E-state index in [-0.39, 0.29) is 47.4 Å². The van der Waals surface area contributed by atoms with Crippen LogP contribution in [0.1, 0.15) is 41.3 Å². The van der Waals surface area contributed by atoms with Gasteiger partial charge in [0.05, 0.1) is 35.2 Å². The number of rotatable bonds is 7. The number of ether oxygens (including phenoxy) is 2. The maximum atomic E-state index is 13.2. The van der Waals surface area contributed by atoms with Crippen molar-refractivity contribution in [2.45, 2.75) is 38.8 Å². The largest absolute Gasteiger partial charge is 0.469 e. The molecule has 1 aromatic carbocycles. The Bertz CT molecular complexity index is 1070. The number of ketones is 1. The molecular formula is C23H27Cl2N5O5. The van der Waals surface area contributed by atoms with E-state index in [2.05, 4.69) is 20.7 Å². The van der Waals surface area contributed by atoms with E-state index >= 15 is 0 Å². The number of carbonyl (C=O) groups is 3. The maximum absolute atomic E-state index is 13.2. The van der Waals surface area contributed by atoms with Gasteiger partial charge in [-0.25, -0.2) is 0 Å². The van der Waals surface area contributed by atoms with Gasteiger partial charge in [-0.05, 0) is 30.2 Å². The normalized spacial score (nSPS) is 18.3. The fourth-order valence-electron chi connectivity index (χ4n) is 4.28. The van der Waals surface area contributed by atoms with E-state index < -0.39 is 11.9 Å². The predicted molar refractivity (Wildman–Crippen MR) is 130 cm³/mol. The molecule has 1 saturated heterocycles. The molecule has 0 aromatic heterocycles.